The number of fused-ring (bicyclic) bond motifs is 1. The van der Waals surface area contributed by atoms with E-state index >= 15 is 4.39 Å². The molecule has 11 heteroatoms. The summed E-state index contributed by atoms with van der Waals surface area (Å²) in [6.45, 7) is 9.32. The Balaban J connectivity index is 1.57. The number of thiophene rings is 1. The maximum Gasteiger partial charge on any atom is 0.273 e. The summed E-state index contributed by atoms with van der Waals surface area (Å²) in [4.78, 5) is 2.32. The molecule has 222 valence electrons. The second kappa shape index (κ2) is 14.0. The number of anilines is 2. The Morgan fingerprint density at radius 3 is 2.59 bits per heavy atom. The summed E-state index contributed by atoms with van der Waals surface area (Å²) >= 11 is 1.14. The third-order valence-electron chi connectivity index (χ3n) is 6.93. The van der Waals surface area contributed by atoms with Crippen LogP contribution in [0.4, 0.5) is 28.9 Å². The molecular weight excluding hydrogens is 573 g/mol. The Morgan fingerprint density at radius 1 is 1.15 bits per heavy atom. The summed E-state index contributed by atoms with van der Waals surface area (Å²) in [6, 6.07) is 10.3. The molecule has 2 aromatic carbocycles. The number of halogens is 4. The third kappa shape index (κ3) is 7.57. The number of hydrogen-bond donors (Lipinski definition) is 2. The van der Waals surface area contributed by atoms with E-state index in [1.54, 1.807) is 31.4 Å². The molecule has 5 nitrogen and oxygen atoms in total. The van der Waals surface area contributed by atoms with E-state index in [2.05, 4.69) is 27.4 Å². The van der Waals surface area contributed by atoms with E-state index < -0.39 is 33.0 Å². The van der Waals surface area contributed by atoms with E-state index in [0.29, 0.717) is 45.9 Å². The van der Waals surface area contributed by atoms with Crippen LogP contribution in [-0.2, 0) is 0 Å². The van der Waals surface area contributed by atoms with Crippen molar-refractivity contribution >= 4 is 40.9 Å². The highest BCUT2D eigenvalue weighted by atomic mass is 32.1. The Morgan fingerprint density at radius 2 is 1.93 bits per heavy atom. The van der Waals surface area contributed by atoms with E-state index in [9.17, 15) is 13.2 Å². The lowest BCUT2D eigenvalue weighted by Gasteiger charge is -2.37. The number of hydrogen-bond acceptors (Lipinski definition) is 6. The summed E-state index contributed by atoms with van der Waals surface area (Å²) in [5, 5.41) is 6.80. The maximum atomic E-state index is 15.0. The number of nitrogens with one attached hydrogen (secondary N) is 2. The molecule has 1 aromatic heterocycles. The lowest BCUT2D eigenvalue weighted by atomic mass is 10.0. The molecule has 0 bridgehead atoms. The minimum Gasteiger partial charge on any atom is -0.494 e. The van der Waals surface area contributed by atoms with Gasteiger partial charge in [-0.1, -0.05) is 24.0 Å². The van der Waals surface area contributed by atoms with Gasteiger partial charge in [-0.3, -0.25) is 4.90 Å². The first-order valence-electron chi connectivity index (χ1n) is 13.5. The average Bonchev–Trinajstić information content (AvgIpc) is 3.30. The van der Waals surface area contributed by atoms with E-state index in [4.69, 9.17) is 9.26 Å². The summed E-state index contributed by atoms with van der Waals surface area (Å²) in [5.41, 5.74) is 1.16. The first kappa shape index (κ1) is 31.2. The molecule has 0 spiro atoms. The Hall–Kier alpha value is -2.73. The number of likely N-dealkylation sites (tertiary alicyclic amines) is 1. The molecule has 1 aliphatic heterocycles. The first-order chi connectivity index (χ1) is 19.6. The van der Waals surface area contributed by atoms with Crippen molar-refractivity contribution in [2.45, 2.75) is 51.1 Å². The van der Waals surface area contributed by atoms with Crippen molar-refractivity contribution in [1.29, 1.82) is 0 Å². The maximum absolute atomic E-state index is 15.0. The van der Waals surface area contributed by atoms with Crippen molar-refractivity contribution in [3.63, 3.8) is 0 Å². The lowest BCUT2D eigenvalue weighted by Crippen LogP contribution is -2.50. The number of ether oxygens (including phenoxy) is 1. The molecular formula is C30H36F4N3O2PS. The summed E-state index contributed by atoms with van der Waals surface area (Å²) in [6.07, 6.45) is -6.18. The zero-order valence-electron chi connectivity index (χ0n) is 23.8. The fourth-order valence-corrected chi connectivity index (χ4v) is 6.57. The molecule has 0 amide bonds. The number of benzene rings is 2. The smallest absolute Gasteiger partial charge is 0.273 e. The van der Waals surface area contributed by atoms with Crippen LogP contribution in [0.3, 0.4) is 0 Å². The van der Waals surface area contributed by atoms with Crippen molar-refractivity contribution < 1.29 is 26.8 Å². The Bertz CT molecular complexity index is 1390. The van der Waals surface area contributed by atoms with Crippen LogP contribution in [0, 0.1) is 11.8 Å². The van der Waals surface area contributed by atoms with Gasteiger partial charge >= 0.3 is 0 Å². The number of alkyl halides is 4. The number of methoxy groups -OCH3 is 1. The molecule has 41 heavy (non-hydrogen) atoms. The minimum atomic E-state index is -3.20. The molecule has 3 aromatic rings. The summed E-state index contributed by atoms with van der Waals surface area (Å²) in [5.74, 6) is 7.11. The van der Waals surface area contributed by atoms with Gasteiger partial charge in [-0.05, 0) is 51.8 Å². The monoisotopic (exact) mass is 609 g/mol. The Labute approximate surface area is 244 Å². The van der Waals surface area contributed by atoms with Crippen molar-refractivity contribution in [3.05, 3.63) is 46.8 Å². The molecule has 2 heterocycles. The van der Waals surface area contributed by atoms with Crippen LogP contribution in [0.1, 0.15) is 36.9 Å². The van der Waals surface area contributed by atoms with Crippen molar-refractivity contribution in [2.24, 2.45) is 0 Å². The van der Waals surface area contributed by atoms with Gasteiger partial charge in [0.25, 0.3) is 6.43 Å². The van der Waals surface area contributed by atoms with Crippen LogP contribution in [0.15, 0.2) is 36.4 Å². The SMILES string of the molecule is COc1cc(OP(C)C)ccc1NCC#Cc1sc2c(NC3CCN(C(C)C)CC3F)cccc2c1C(F)C(F)F. The molecule has 4 rings (SSSR count). The number of piperidine rings is 1. The van der Waals surface area contributed by atoms with Crippen LogP contribution in [0.2, 0.25) is 0 Å². The van der Waals surface area contributed by atoms with Gasteiger partial charge in [0.15, 0.2) is 6.17 Å². The predicted octanol–water partition coefficient (Wildman–Crippen LogP) is 7.92. The standard InChI is InChI=1S/C30H36F4N3O2PS/c1-18(2)37-15-13-22(21(31)17-37)36-24-9-6-8-20-27(28(32)30(33)34)26(41-29(20)24)10-7-14-35-23-12-11-19(39-40(4)5)16-25(23)38-3/h6,8-9,11-12,16,18,21-22,28,30,35-36H,13-15,17H2,1-5H3. The van der Waals surface area contributed by atoms with Gasteiger partial charge in [-0.15, -0.1) is 11.3 Å². The van der Waals surface area contributed by atoms with Gasteiger partial charge in [-0.25, -0.2) is 17.6 Å². The summed E-state index contributed by atoms with van der Waals surface area (Å²) in [7, 11) is 0.966. The minimum absolute atomic E-state index is 0.128. The zero-order chi connectivity index (χ0) is 29.7. The van der Waals surface area contributed by atoms with Gasteiger partial charge in [0.05, 0.1) is 48.8 Å². The molecule has 3 unspecified atom stereocenters. The van der Waals surface area contributed by atoms with E-state index in [0.717, 1.165) is 17.9 Å². The number of rotatable bonds is 10. The molecule has 1 aliphatic rings. The molecule has 0 radical (unpaired) electrons. The van der Waals surface area contributed by atoms with E-state index in [-0.39, 0.29) is 23.0 Å². The highest BCUT2D eigenvalue weighted by molar-refractivity contribution is 7.51. The Kier molecular flexibility index (Phi) is 10.6. The second-order valence-corrected chi connectivity index (χ2v) is 13.2. The van der Waals surface area contributed by atoms with Crippen LogP contribution >= 0.6 is 19.5 Å². The van der Waals surface area contributed by atoms with E-state index in [1.165, 1.54) is 0 Å². The van der Waals surface area contributed by atoms with Crippen LogP contribution in [-0.4, -0.2) is 69.7 Å². The van der Waals surface area contributed by atoms with Gasteiger partial charge in [0.1, 0.15) is 17.7 Å². The molecule has 3 atom stereocenters. The molecule has 0 saturated carbocycles. The molecule has 0 aliphatic carbocycles. The molecule has 1 fully saturated rings. The van der Waals surface area contributed by atoms with Gasteiger partial charge in [0.2, 0.25) is 0 Å². The van der Waals surface area contributed by atoms with E-state index in [1.807, 2.05) is 39.3 Å². The fourth-order valence-electron chi connectivity index (χ4n) is 4.85. The highest BCUT2D eigenvalue weighted by Gasteiger charge is 2.32. The normalized spacial score (nSPS) is 18.4. The lowest BCUT2D eigenvalue weighted by molar-refractivity contribution is 0.0504. The van der Waals surface area contributed by atoms with Crippen molar-refractivity contribution in [1.82, 2.24) is 4.90 Å². The number of nitrogens with zero attached hydrogens (tertiary/aromatic N) is 1. The summed E-state index contributed by atoms with van der Waals surface area (Å²) < 4.78 is 69.0. The third-order valence-corrected chi connectivity index (χ3v) is 8.67. The van der Waals surface area contributed by atoms with Gasteiger partial charge in [-0.2, -0.15) is 0 Å². The van der Waals surface area contributed by atoms with Crippen LogP contribution in [0.25, 0.3) is 10.1 Å². The average molecular weight is 610 g/mol. The van der Waals surface area contributed by atoms with Crippen molar-refractivity contribution in [2.75, 3.05) is 50.7 Å². The van der Waals surface area contributed by atoms with Gasteiger partial charge in [0, 0.05) is 36.1 Å². The van der Waals surface area contributed by atoms with Crippen molar-refractivity contribution in [3.8, 4) is 23.3 Å². The topological polar surface area (TPSA) is 45.8 Å². The largest absolute Gasteiger partial charge is 0.494 e. The van der Waals surface area contributed by atoms with Gasteiger partial charge < -0.3 is 19.9 Å². The van der Waals surface area contributed by atoms with Crippen LogP contribution in [0.5, 0.6) is 11.5 Å². The molecule has 2 N–H and O–H groups in total. The first-order valence-corrected chi connectivity index (χ1v) is 16.4. The highest BCUT2D eigenvalue weighted by Crippen LogP contribution is 2.42. The zero-order valence-corrected chi connectivity index (χ0v) is 25.5. The fraction of sp³-hybridized carbons (Fsp3) is 0.467. The second-order valence-electron chi connectivity index (χ2n) is 10.3. The quantitative estimate of drug-likeness (QED) is 0.139. The molecule has 1 saturated heterocycles. The predicted molar refractivity (Wildman–Crippen MR) is 163 cm³/mol. The van der Waals surface area contributed by atoms with Crippen LogP contribution < -0.4 is 19.9 Å².